The van der Waals surface area contributed by atoms with Gasteiger partial charge in [0.15, 0.2) is 5.78 Å². The number of hydrogen-bond donors (Lipinski definition) is 0. The Labute approximate surface area is 114 Å². The minimum Gasteiger partial charge on any atom is -0.297 e. The molecule has 0 spiro atoms. The highest BCUT2D eigenvalue weighted by molar-refractivity contribution is 5.98. The molecule has 1 aliphatic rings. The molecule has 1 aliphatic heterocycles. The van der Waals surface area contributed by atoms with Gasteiger partial charge in [-0.2, -0.15) is 0 Å². The van der Waals surface area contributed by atoms with Gasteiger partial charge >= 0.3 is 0 Å². The Kier molecular flexibility index (Phi) is 4.04. The molecular formula is C16H22FNO. The van der Waals surface area contributed by atoms with Gasteiger partial charge in [-0.3, -0.25) is 9.69 Å². The first kappa shape index (κ1) is 14.2. The number of hydrogen-bond acceptors (Lipinski definition) is 2. The van der Waals surface area contributed by atoms with Crippen LogP contribution in [0.15, 0.2) is 24.3 Å². The molecule has 104 valence electrons. The van der Waals surface area contributed by atoms with Crippen LogP contribution in [0.1, 0.15) is 44.0 Å². The number of ketones is 1. The maximum atomic E-state index is 13.6. The first-order valence-electron chi connectivity index (χ1n) is 6.95. The molecule has 0 saturated carbocycles. The summed E-state index contributed by atoms with van der Waals surface area (Å²) in [6.45, 7) is 8.05. The van der Waals surface area contributed by atoms with Crippen LogP contribution in [-0.2, 0) is 0 Å². The predicted octanol–water partition coefficient (Wildman–Crippen LogP) is 3.52. The van der Waals surface area contributed by atoms with Gasteiger partial charge in [-0.25, -0.2) is 4.39 Å². The number of halogens is 1. The van der Waals surface area contributed by atoms with E-state index in [-0.39, 0.29) is 22.8 Å². The second kappa shape index (κ2) is 5.41. The second-order valence-corrected chi connectivity index (χ2v) is 6.11. The van der Waals surface area contributed by atoms with Gasteiger partial charge < -0.3 is 0 Å². The molecule has 1 aromatic rings. The van der Waals surface area contributed by atoms with E-state index in [4.69, 9.17) is 0 Å². The summed E-state index contributed by atoms with van der Waals surface area (Å²) in [5.41, 5.74) is 0.371. The largest absolute Gasteiger partial charge is 0.297 e. The van der Waals surface area contributed by atoms with E-state index in [2.05, 4.69) is 18.7 Å². The van der Waals surface area contributed by atoms with E-state index in [1.54, 1.807) is 18.2 Å². The van der Waals surface area contributed by atoms with E-state index in [9.17, 15) is 9.18 Å². The van der Waals surface area contributed by atoms with Crippen molar-refractivity contribution in [3.8, 4) is 0 Å². The average molecular weight is 263 g/mol. The van der Waals surface area contributed by atoms with Crippen LogP contribution in [0.25, 0.3) is 0 Å². The van der Waals surface area contributed by atoms with Gasteiger partial charge in [-0.1, -0.05) is 19.1 Å². The smallest absolute Gasteiger partial charge is 0.169 e. The number of likely N-dealkylation sites (tertiary alicyclic amines) is 1. The molecule has 2 rings (SSSR count). The number of carbonyl (C=O) groups is 1. The van der Waals surface area contributed by atoms with Gasteiger partial charge in [-0.05, 0) is 45.4 Å². The predicted molar refractivity (Wildman–Crippen MR) is 74.8 cm³/mol. The third-order valence-corrected chi connectivity index (χ3v) is 4.15. The average Bonchev–Trinajstić information content (AvgIpc) is 2.68. The van der Waals surface area contributed by atoms with Crippen LogP contribution in [0.4, 0.5) is 4.39 Å². The monoisotopic (exact) mass is 263 g/mol. The molecule has 1 unspecified atom stereocenters. The summed E-state index contributed by atoms with van der Waals surface area (Å²) < 4.78 is 13.6. The Morgan fingerprint density at radius 2 is 2.11 bits per heavy atom. The van der Waals surface area contributed by atoms with Crippen molar-refractivity contribution in [2.75, 3.05) is 13.1 Å². The molecule has 0 bridgehead atoms. The molecule has 1 heterocycles. The lowest BCUT2D eigenvalue weighted by Crippen LogP contribution is -2.42. The van der Waals surface area contributed by atoms with Crippen LogP contribution in [0, 0.1) is 11.7 Å². The van der Waals surface area contributed by atoms with Crippen LogP contribution < -0.4 is 0 Å². The zero-order chi connectivity index (χ0) is 14.0. The standard InChI is InChI=1S/C16H22FNO/c1-12(11-18-10-6-9-16(18,2)3)15(19)13-7-4-5-8-14(13)17/h4-5,7-8,12H,6,9-11H2,1-3H3. The van der Waals surface area contributed by atoms with Crippen molar-refractivity contribution in [1.29, 1.82) is 0 Å². The van der Waals surface area contributed by atoms with E-state index in [0.29, 0.717) is 6.54 Å². The molecule has 0 aliphatic carbocycles. The number of nitrogens with zero attached hydrogens (tertiary/aromatic N) is 1. The summed E-state index contributed by atoms with van der Waals surface area (Å²) in [5.74, 6) is -0.685. The first-order chi connectivity index (χ1) is 8.92. The van der Waals surface area contributed by atoms with Crippen LogP contribution in [-0.4, -0.2) is 29.3 Å². The van der Waals surface area contributed by atoms with Crippen molar-refractivity contribution in [2.24, 2.45) is 5.92 Å². The first-order valence-corrected chi connectivity index (χ1v) is 6.95. The van der Waals surface area contributed by atoms with Gasteiger partial charge in [0.25, 0.3) is 0 Å². The second-order valence-electron chi connectivity index (χ2n) is 6.11. The summed E-state index contributed by atoms with van der Waals surface area (Å²) in [6, 6.07) is 6.24. The third-order valence-electron chi connectivity index (χ3n) is 4.15. The Hall–Kier alpha value is -1.22. The molecule has 1 saturated heterocycles. The lowest BCUT2D eigenvalue weighted by atomic mass is 9.96. The van der Waals surface area contributed by atoms with E-state index < -0.39 is 5.82 Å². The quantitative estimate of drug-likeness (QED) is 0.775. The normalized spacial score (nSPS) is 20.4. The van der Waals surface area contributed by atoms with Crippen molar-refractivity contribution >= 4 is 5.78 Å². The van der Waals surface area contributed by atoms with Gasteiger partial charge in [0.2, 0.25) is 0 Å². The lowest BCUT2D eigenvalue weighted by Gasteiger charge is -2.33. The molecule has 19 heavy (non-hydrogen) atoms. The van der Waals surface area contributed by atoms with E-state index in [1.807, 2.05) is 6.92 Å². The van der Waals surface area contributed by atoms with E-state index >= 15 is 0 Å². The molecule has 0 radical (unpaired) electrons. The van der Waals surface area contributed by atoms with Crippen molar-refractivity contribution in [1.82, 2.24) is 4.90 Å². The van der Waals surface area contributed by atoms with Crippen LogP contribution in [0.3, 0.4) is 0 Å². The summed E-state index contributed by atoms with van der Waals surface area (Å²) in [6.07, 6.45) is 2.33. The van der Waals surface area contributed by atoms with E-state index in [1.165, 1.54) is 12.5 Å². The Morgan fingerprint density at radius 1 is 1.42 bits per heavy atom. The third kappa shape index (κ3) is 3.03. The van der Waals surface area contributed by atoms with E-state index in [0.717, 1.165) is 13.0 Å². The highest BCUT2D eigenvalue weighted by Crippen LogP contribution is 2.29. The van der Waals surface area contributed by atoms with Crippen LogP contribution in [0.2, 0.25) is 0 Å². The van der Waals surface area contributed by atoms with Crippen LogP contribution >= 0.6 is 0 Å². The molecule has 3 heteroatoms. The molecule has 0 aromatic heterocycles. The van der Waals surface area contributed by atoms with Gasteiger partial charge in [-0.15, -0.1) is 0 Å². The molecule has 0 N–H and O–H groups in total. The molecule has 1 aromatic carbocycles. The number of Topliss-reactive ketones (excluding diaryl/α,β-unsaturated/α-hetero) is 1. The zero-order valence-electron chi connectivity index (χ0n) is 11.9. The molecule has 1 fully saturated rings. The van der Waals surface area contributed by atoms with Gasteiger partial charge in [0, 0.05) is 18.0 Å². The fourth-order valence-electron chi connectivity index (χ4n) is 2.84. The molecule has 1 atom stereocenters. The lowest BCUT2D eigenvalue weighted by molar-refractivity contribution is 0.0848. The zero-order valence-corrected chi connectivity index (χ0v) is 11.9. The minimum atomic E-state index is -0.417. The fourth-order valence-corrected chi connectivity index (χ4v) is 2.84. The highest BCUT2D eigenvalue weighted by atomic mass is 19.1. The fraction of sp³-hybridized carbons (Fsp3) is 0.562. The summed E-state index contributed by atoms with van der Waals surface area (Å²) >= 11 is 0. The number of rotatable bonds is 4. The summed E-state index contributed by atoms with van der Waals surface area (Å²) in [7, 11) is 0. The molecule has 0 amide bonds. The maximum absolute atomic E-state index is 13.6. The minimum absolute atomic E-state index is 0.0965. The summed E-state index contributed by atoms with van der Waals surface area (Å²) in [5, 5.41) is 0. The number of carbonyl (C=O) groups excluding carboxylic acids is 1. The van der Waals surface area contributed by atoms with Crippen molar-refractivity contribution in [3.05, 3.63) is 35.6 Å². The van der Waals surface area contributed by atoms with Crippen molar-refractivity contribution in [2.45, 2.75) is 39.2 Å². The Bertz CT molecular complexity index is 470. The maximum Gasteiger partial charge on any atom is 0.169 e. The van der Waals surface area contributed by atoms with Gasteiger partial charge in [0.1, 0.15) is 5.82 Å². The summed E-state index contributed by atoms with van der Waals surface area (Å²) in [4.78, 5) is 14.6. The SMILES string of the molecule is CC(CN1CCCC1(C)C)C(=O)c1ccccc1F. The van der Waals surface area contributed by atoms with Crippen molar-refractivity contribution < 1.29 is 9.18 Å². The Balaban J connectivity index is 2.06. The highest BCUT2D eigenvalue weighted by Gasteiger charge is 2.33. The van der Waals surface area contributed by atoms with Gasteiger partial charge in [0.05, 0.1) is 5.56 Å². The number of benzene rings is 1. The topological polar surface area (TPSA) is 20.3 Å². The van der Waals surface area contributed by atoms with Crippen molar-refractivity contribution in [3.63, 3.8) is 0 Å². The molecular weight excluding hydrogens is 241 g/mol. The van der Waals surface area contributed by atoms with Crippen LogP contribution in [0.5, 0.6) is 0 Å². The molecule has 2 nitrogen and oxygen atoms in total. The Morgan fingerprint density at radius 3 is 2.68 bits per heavy atom.